The maximum atomic E-state index is 11.3. The van der Waals surface area contributed by atoms with Crippen LogP contribution in [0.1, 0.15) is 23.2 Å². The van der Waals surface area contributed by atoms with Gasteiger partial charge < -0.3 is 9.84 Å². The zero-order valence-electron chi connectivity index (χ0n) is 8.79. The predicted molar refractivity (Wildman–Crippen MR) is 58.4 cm³/mol. The number of rotatable bonds is 4. The molecule has 2 rings (SSSR count). The van der Waals surface area contributed by atoms with Crippen LogP contribution in [0.5, 0.6) is 5.75 Å². The molecule has 0 amide bonds. The van der Waals surface area contributed by atoms with Gasteiger partial charge in [0.2, 0.25) is 10.0 Å². The van der Waals surface area contributed by atoms with Gasteiger partial charge in [0.25, 0.3) is 0 Å². The quantitative estimate of drug-likeness (QED) is 0.820. The lowest BCUT2D eigenvalue weighted by molar-refractivity contribution is 0.0692. The molecular formula is C10H11NO5S. The molecule has 0 aliphatic heterocycles. The molecule has 0 heterocycles. The highest BCUT2D eigenvalue weighted by Gasteiger charge is 2.25. The minimum absolute atomic E-state index is 0.0963. The first-order chi connectivity index (χ1) is 7.88. The van der Waals surface area contributed by atoms with Crippen LogP contribution >= 0.6 is 0 Å². The van der Waals surface area contributed by atoms with E-state index in [-0.39, 0.29) is 11.7 Å². The number of hydrogen-bond donors (Lipinski definition) is 2. The lowest BCUT2D eigenvalue weighted by Gasteiger charge is -2.08. The Morgan fingerprint density at radius 1 is 1.41 bits per heavy atom. The maximum Gasteiger partial charge on any atom is 0.337 e. The van der Waals surface area contributed by atoms with Crippen LogP contribution in [0, 0.1) is 0 Å². The highest BCUT2D eigenvalue weighted by Crippen LogP contribution is 2.29. The number of nitrogens with two attached hydrogens (primary N) is 1. The van der Waals surface area contributed by atoms with Crippen molar-refractivity contribution >= 4 is 16.0 Å². The number of carbonyl (C=O) groups is 1. The van der Waals surface area contributed by atoms with Gasteiger partial charge in [-0.25, -0.2) is 18.4 Å². The van der Waals surface area contributed by atoms with Crippen LogP contribution in [0.25, 0.3) is 0 Å². The molecule has 17 heavy (non-hydrogen) atoms. The molecule has 0 aromatic heterocycles. The number of ether oxygens (including phenoxy) is 1. The van der Waals surface area contributed by atoms with Gasteiger partial charge in [-0.05, 0) is 25.0 Å². The number of aromatic carboxylic acids is 1. The second kappa shape index (κ2) is 4.01. The van der Waals surface area contributed by atoms with Crippen molar-refractivity contribution in [3.05, 3.63) is 23.8 Å². The second-order valence-corrected chi connectivity index (χ2v) is 5.36. The number of sulfonamides is 1. The monoisotopic (exact) mass is 257 g/mol. The third kappa shape index (κ3) is 2.75. The SMILES string of the molecule is NS(=O)(=O)c1cc(OC2CC2)ccc1C(=O)O. The lowest BCUT2D eigenvalue weighted by Crippen LogP contribution is -2.17. The molecular weight excluding hydrogens is 246 g/mol. The van der Waals surface area contributed by atoms with Gasteiger partial charge in [-0.1, -0.05) is 0 Å². The summed E-state index contributed by atoms with van der Waals surface area (Å²) in [5.41, 5.74) is -0.351. The van der Waals surface area contributed by atoms with E-state index in [0.29, 0.717) is 5.75 Å². The van der Waals surface area contributed by atoms with Crippen molar-refractivity contribution in [1.29, 1.82) is 0 Å². The van der Waals surface area contributed by atoms with Crippen LogP contribution in [-0.2, 0) is 10.0 Å². The molecule has 0 saturated heterocycles. The van der Waals surface area contributed by atoms with E-state index in [0.717, 1.165) is 18.9 Å². The van der Waals surface area contributed by atoms with Crippen LogP contribution in [0.2, 0.25) is 0 Å². The summed E-state index contributed by atoms with van der Waals surface area (Å²) in [6.07, 6.45) is 1.94. The Morgan fingerprint density at radius 2 is 2.06 bits per heavy atom. The number of carboxylic acid groups (broad SMARTS) is 1. The fraction of sp³-hybridized carbons (Fsp3) is 0.300. The van der Waals surface area contributed by atoms with Crippen LogP contribution in [0.3, 0.4) is 0 Å². The highest BCUT2D eigenvalue weighted by atomic mass is 32.2. The Balaban J connectivity index is 2.45. The first-order valence-electron chi connectivity index (χ1n) is 4.95. The molecule has 1 aromatic rings. The zero-order chi connectivity index (χ0) is 12.6. The Labute approximate surface area is 98.1 Å². The number of benzene rings is 1. The Morgan fingerprint density at radius 3 is 2.53 bits per heavy atom. The lowest BCUT2D eigenvalue weighted by atomic mass is 10.2. The molecule has 1 aliphatic carbocycles. The molecule has 0 unspecified atom stereocenters. The van der Waals surface area contributed by atoms with Crippen molar-refractivity contribution < 1.29 is 23.1 Å². The van der Waals surface area contributed by atoms with Gasteiger partial charge in [0.1, 0.15) is 5.75 Å². The van der Waals surface area contributed by atoms with E-state index in [1.54, 1.807) is 0 Å². The third-order valence-corrected chi connectivity index (χ3v) is 3.27. The summed E-state index contributed by atoms with van der Waals surface area (Å²) in [7, 11) is -4.08. The van der Waals surface area contributed by atoms with Crippen LogP contribution in [0.4, 0.5) is 0 Å². The molecule has 1 aromatic carbocycles. The van der Waals surface area contributed by atoms with E-state index in [1.807, 2.05) is 0 Å². The highest BCUT2D eigenvalue weighted by molar-refractivity contribution is 7.89. The smallest absolute Gasteiger partial charge is 0.337 e. The molecule has 6 nitrogen and oxygen atoms in total. The summed E-state index contributed by atoms with van der Waals surface area (Å²) >= 11 is 0. The molecule has 92 valence electrons. The van der Waals surface area contributed by atoms with Crippen molar-refractivity contribution in [1.82, 2.24) is 0 Å². The molecule has 3 N–H and O–H groups in total. The van der Waals surface area contributed by atoms with Gasteiger partial charge in [0.15, 0.2) is 0 Å². The minimum atomic E-state index is -4.08. The Kier molecular flexibility index (Phi) is 2.80. The summed E-state index contributed by atoms with van der Waals surface area (Å²) in [5.74, 6) is -1.02. The van der Waals surface area contributed by atoms with Gasteiger partial charge in [0.05, 0.1) is 16.6 Å². The van der Waals surface area contributed by atoms with E-state index < -0.39 is 20.9 Å². The Hall–Kier alpha value is -1.60. The number of primary sulfonamides is 1. The normalized spacial score (nSPS) is 15.6. The molecule has 0 spiro atoms. The predicted octanol–water partition coefficient (Wildman–Crippen LogP) is 0.573. The second-order valence-electron chi connectivity index (χ2n) is 3.83. The largest absolute Gasteiger partial charge is 0.490 e. The first kappa shape index (κ1) is 11.9. The van der Waals surface area contributed by atoms with Gasteiger partial charge in [-0.3, -0.25) is 0 Å². The van der Waals surface area contributed by atoms with Crippen molar-refractivity contribution in [2.45, 2.75) is 23.8 Å². The summed E-state index contributed by atoms with van der Waals surface area (Å²) < 4.78 is 27.9. The average Bonchev–Trinajstić information content (AvgIpc) is 3.00. The minimum Gasteiger partial charge on any atom is -0.490 e. The fourth-order valence-corrected chi connectivity index (χ4v) is 2.11. The van der Waals surface area contributed by atoms with E-state index in [2.05, 4.69) is 0 Å². The van der Waals surface area contributed by atoms with Crippen molar-refractivity contribution in [2.75, 3.05) is 0 Å². The maximum absolute atomic E-state index is 11.3. The molecule has 7 heteroatoms. The van der Waals surface area contributed by atoms with Crippen LogP contribution < -0.4 is 9.88 Å². The van der Waals surface area contributed by atoms with Crippen molar-refractivity contribution in [3.63, 3.8) is 0 Å². The van der Waals surface area contributed by atoms with Gasteiger partial charge >= 0.3 is 5.97 Å². The van der Waals surface area contributed by atoms with Crippen molar-refractivity contribution in [2.24, 2.45) is 5.14 Å². The number of carboxylic acids is 1. The van der Waals surface area contributed by atoms with E-state index in [1.165, 1.54) is 12.1 Å². The molecule has 0 bridgehead atoms. The summed E-state index contributed by atoms with van der Waals surface area (Å²) in [4.78, 5) is 10.4. The van der Waals surface area contributed by atoms with E-state index in [9.17, 15) is 13.2 Å². The van der Waals surface area contributed by atoms with Crippen LogP contribution in [0.15, 0.2) is 23.1 Å². The van der Waals surface area contributed by atoms with Gasteiger partial charge in [0, 0.05) is 6.07 Å². The zero-order valence-corrected chi connectivity index (χ0v) is 9.61. The summed E-state index contributed by atoms with van der Waals surface area (Å²) in [6, 6.07) is 3.76. The molecule has 0 radical (unpaired) electrons. The third-order valence-electron chi connectivity index (χ3n) is 2.32. The summed E-state index contributed by atoms with van der Waals surface area (Å²) in [5, 5.41) is 13.8. The fourth-order valence-electron chi connectivity index (χ4n) is 1.37. The molecule has 1 saturated carbocycles. The van der Waals surface area contributed by atoms with Crippen molar-refractivity contribution in [3.8, 4) is 5.75 Å². The van der Waals surface area contributed by atoms with E-state index >= 15 is 0 Å². The molecule has 0 atom stereocenters. The van der Waals surface area contributed by atoms with E-state index in [4.69, 9.17) is 15.0 Å². The first-order valence-corrected chi connectivity index (χ1v) is 6.49. The number of hydrogen-bond acceptors (Lipinski definition) is 4. The Bertz CT molecular complexity index is 562. The topological polar surface area (TPSA) is 107 Å². The average molecular weight is 257 g/mol. The standard InChI is InChI=1S/C10H11NO5S/c11-17(14,15)9-5-7(16-6-1-2-6)3-4-8(9)10(12)13/h3-6H,1-2H2,(H,12,13)(H2,11,14,15). The van der Waals surface area contributed by atoms with Gasteiger partial charge in [-0.15, -0.1) is 0 Å². The van der Waals surface area contributed by atoms with Gasteiger partial charge in [-0.2, -0.15) is 0 Å². The van der Waals surface area contributed by atoms with Crippen LogP contribution in [-0.4, -0.2) is 25.6 Å². The molecule has 1 fully saturated rings. The summed E-state index contributed by atoms with van der Waals surface area (Å²) in [6.45, 7) is 0. The molecule has 1 aliphatic rings.